The van der Waals surface area contributed by atoms with Gasteiger partial charge in [-0.05, 0) is 43.2 Å². The molecule has 2 aromatic carbocycles. The van der Waals surface area contributed by atoms with E-state index in [-0.39, 0.29) is 19.1 Å². The van der Waals surface area contributed by atoms with Gasteiger partial charge in [-0.3, -0.25) is 4.79 Å². The second-order valence-corrected chi connectivity index (χ2v) is 5.87. The summed E-state index contributed by atoms with van der Waals surface area (Å²) in [5.74, 6) is -0.197. The summed E-state index contributed by atoms with van der Waals surface area (Å²) in [6, 6.07) is 13.1. The summed E-state index contributed by atoms with van der Waals surface area (Å²) >= 11 is 0. The van der Waals surface area contributed by atoms with E-state index in [2.05, 4.69) is 5.32 Å². The summed E-state index contributed by atoms with van der Waals surface area (Å²) in [5.41, 5.74) is 3.99. The molecule has 0 bridgehead atoms. The highest BCUT2D eigenvalue weighted by molar-refractivity contribution is 5.98. The lowest BCUT2D eigenvalue weighted by atomic mass is 10.1. The van der Waals surface area contributed by atoms with Gasteiger partial charge in [0.15, 0.2) is 6.61 Å². The number of amides is 1. The maximum Gasteiger partial charge on any atom is 0.338 e. The summed E-state index contributed by atoms with van der Waals surface area (Å²) in [5, 5.41) is 2.76. The smallest absolute Gasteiger partial charge is 0.338 e. The zero-order valence-electron chi connectivity index (χ0n) is 14.2. The molecule has 3 rings (SSSR count). The van der Waals surface area contributed by atoms with Crippen molar-refractivity contribution in [3.8, 4) is 5.75 Å². The van der Waals surface area contributed by atoms with Crippen LogP contribution in [-0.4, -0.2) is 25.1 Å². The molecule has 0 unspecified atom stereocenters. The summed E-state index contributed by atoms with van der Waals surface area (Å²) in [6.07, 6.45) is 1.73. The van der Waals surface area contributed by atoms with Crippen LogP contribution in [0.3, 0.4) is 0 Å². The first-order valence-electron chi connectivity index (χ1n) is 8.00. The Morgan fingerprint density at radius 1 is 1.12 bits per heavy atom. The van der Waals surface area contributed by atoms with Crippen LogP contribution in [0.2, 0.25) is 0 Å². The van der Waals surface area contributed by atoms with Gasteiger partial charge in [0.1, 0.15) is 12.4 Å². The third-order valence-corrected chi connectivity index (χ3v) is 4.11. The average molecular weight is 337 g/mol. The minimum absolute atomic E-state index is 0.133. The molecule has 0 spiro atoms. The Balaban J connectivity index is 1.58. The summed E-state index contributed by atoms with van der Waals surface area (Å²) < 4.78 is 10.6. The molecule has 1 aliphatic rings. The molecule has 2 aromatic rings. The van der Waals surface area contributed by atoms with E-state index in [0.29, 0.717) is 5.57 Å². The fourth-order valence-electron chi connectivity index (χ4n) is 2.53. The topological polar surface area (TPSA) is 64.6 Å². The zero-order chi connectivity index (χ0) is 17.8. The largest absolute Gasteiger partial charge is 0.488 e. The van der Waals surface area contributed by atoms with Crippen LogP contribution in [0.15, 0.2) is 48.0 Å². The predicted octanol–water partition coefficient (Wildman–Crippen LogP) is 3.26. The number of fused-ring (bicyclic) bond motifs is 1. The molecule has 5 nitrogen and oxygen atoms in total. The first kappa shape index (κ1) is 16.8. The number of carbonyl (C=O) groups is 2. The Bertz CT molecular complexity index is 855. The normalized spacial score (nSPS) is 12.5. The molecule has 5 heteroatoms. The van der Waals surface area contributed by atoms with Crippen LogP contribution in [-0.2, 0) is 14.3 Å². The molecule has 0 atom stereocenters. The number of hydrogen-bond acceptors (Lipinski definition) is 4. The van der Waals surface area contributed by atoms with Crippen molar-refractivity contribution in [1.29, 1.82) is 0 Å². The van der Waals surface area contributed by atoms with Gasteiger partial charge in [-0.1, -0.05) is 30.3 Å². The van der Waals surface area contributed by atoms with Gasteiger partial charge in [0.05, 0.1) is 5.57 Å². The second kappa shape index (κ2) is 7.21. The van der Waals surface area contributed by atoms with Crippen molar-refractivity contribution >= 4 is 23.6 Å². The van der Waals surface area contributed by atoms with Crippen LogP contribution in [0.4, 0.5) is 5.69 Å². The fourth-order valence-corrected chi connectivity index (χ4v) is 2.53. The van der Waals surface area contributed by atoms with E-state index in [1.54, 1.807) is 6.08 Å². The number of nitrogens with one attached hydrogen (secondary N) is 1. The first-order chi connectivity index (χ1) is 12.0. The summed E-state index contributed by atoms with van der Waals surface area (Å²) in [4.78, 5) is 24.2. The molecule has 1 aliphatic heterocycles. The highest BCUT2D eigenvalue weighted by Crippen LogP contribution is 2.26. The van der Waals surface area contributed by atoms with Gasteiger partial charge >= 0.3 is 5.97 Å². The maximum absolute atomic E-state index is 12.1. The summed E-state index contributed by atoms with van der Waals surface area (Å²) in [6.45, 7) is 3.69. The van der Waals surface area contributed by atoms with Gasteiger partial charge < -0.3 is 14.8 Å². The SMILES string of the molecule is Cc1cccc(NC(=O)COC(=O)C2=Cc3ccccc3OC2)c1C. The number of aryl methyl sites for hydroxylation is 1. The Hall–Kier alpha value is -3.08. The van der Waals surface area contributed by atoms with Crippen molar-refractivity contribution in [2.45, 2.75) is 13.8 Å². The van der Waals surface area contributed by atoms with E-state index in [1.807, 2.05) is 56.3 Å². The molecule has 1 amide bonds. The lowest BCUT2D eigenvalue weighted by Gasteiger charge is -2.17. The zero-order valence-corrected chi connectivity index (χ0v) is 14.2. The first-order valence-corrected chi connectivity index (χ1v) is 8.00. The molecule has 0 saturated carbocycles. The monoisotopic (exact) mass is 337 g/mol. The quantitative estimate of drug-likeness (QED) is 0.870. The highest BCUT2D eigenvalue weighted by atomic mass is 16.5. The van der Waals surface area contributed by atoms with E-state index in [9.17, 15) is 9.59 Å². The molecule has 1 heterocycles. The molecular formula is C20H19NO4. The average Bonchev–Trinajstić information content (AvgIpc) is 2.63. The fraction of sp³-hybridized carbons (Fsp3) is 0.200. The van der Waals surface area contributed by atoms with E-state index in [1.165, 1.54) is 0 Å². The van der Waals surface area contributed by atoms with Gasteiger partial charge in [0.2, 0.25) is 0 Å². The third kappa shape index (κ3) is 3.88. The molecule has 25 heavy (non-hydrogen) atoms. The minimum Gasteiger partial charge on any atom is -0.488 e. The van der Waals surface area contributed by atoms with Gasteiger partial charge in [-0.25, -0.2) is 4.79 Å². The number of anilines is 1. The lowest BCUT2D eigenvalue weighted by molar-refractivity contribution is -0.143. The molecule has 0 aromatic heterocycles. The second-order valence-electron chi connectivity index (χ2n) is 5.87. The molecule has 1 N–H and O–H groups in total. The Morgan fingerprint density at radius 3 is 2.76 bits per heavy atom. The van der Waals surface area contributed by atoms with Gasteiger partial charge in [0.25, 0.3) is 5.91 Å². The molecular weight excluding hydrogens is 318 g/mol. The Labute approximate surface area is 146 Å². The predicted molar refractivity (Wildman–Crippen MR) is 95.4 cm³/mol. The molecule has 0 saturated heterocycles. The van der Waals surface area contributed by atoms with Gasteiger partial charge in [0, 0.05) is 11.3 Å². The maximum atomic E-state index is 12.1. The minimum atomic E-state index is -0.550. The van der Waals surface area contributed by atoms with Gasteiger partial charge in [-0.15, -0.1) is 0 Å². The van der Waals surface area contributed by atoms with Crippen LogP contribution >= 0.6 is 0 Å². The van der Waals surface area contributed by atoms with Crippen molar-refractivity contribution < 1.29 is 19.1 Å². The number of hydrogen-bond donors (Lipinski definition) is 1. The van der Waals surface area contributed by atoms with Crippen LogP contribution in [0.5, 0.6) is 5.75 Å². The van der Waals surface area contributed by atoms with E-state index in [4.69, 9.17) is 9.47 Å². The van der Waals surface area contributed by atoms with Gasteiger partial charge in [-0.2, -0.15) is 0 Å². The number of esters is 1. The van der Waals surface area contributed by atoms with Crippen molar-refractivity contribution in [1.82, 2.24) is 0 Å². The third-order valence-electron chi connectivity index (χ3n) is 4.11. The van der Waals surface area contributed by atoms with Crippen molar-refractivity contribution in [2.24, 2.45) is 0 Å². The Morgan fingerprint density at radius 2 is 1.92 bits per heavy atom. The highest BCUT2D eigenvalue weighted by Gasteiger charge is 2.19. The Kier molecular flexibility index (Phi) is 4.84. The van der Waals surface area contributed by atoms with E-state index < -0.39 is 5.97 Å². The van der Waals surface area contributed by atoms with Crippen molar-refractivity contribution in [3.05, 3.63) is 64.7 Å². The molecule has 128 valence electrons. The van der Waals surface area contributed by atoms with Crippen molar-refractivity contribution in [2.75, 3.05) is 18.5 Å². The van der Waals surface area contributed by atoms with Crippen LogP contribution in [0.25, 0.3) is 6.08 Å². The van der Waals surface area contributed by atoms with Crippen LogP contribution in [0.1, 0.15) is 16.7 Å². The standard InChI is InChI=1S/C20H19NO4/c1-13-6-5-8-17(14(13)2)21-19(22)12-25-20(23)16-10-15-7-3-4-9-18(15)24-11-16/h3-10H,11-12H2,1-2H3,(H,21,22). The number of rotatable bonds is 4. The van der Waals surface area contributed by atoms with Crippen molar-refractivity contribution in [3.63, 3.8) is 0 Å². The molecule has 0 fully saturated rings. The number of para-hydroxylation sites is 1. The van der Waals surface area contributed by atoms with Crippen LogP contribution in [0, 0.1) is 13.8 Å². The molecule has 0 aliphatic carbocycles. The number of benzene rings is 2. The van der Waals surface area contributed by atoms with E-state index >= 15 is 0 Å². The molecule has 0 radical (unpaired) electrons. The van der Waals surface area contributed by atoms with E-state index in [0.717, 1.165) is 28.1 Å². The number of carbonyl (C=O) groups excluding carboxylic acids is 2. The lowest BCUT2D eigenvalue weighted by Crippen LogP contribution is -2.24. The number of ether oxygens (including phenoxy) is 2. The summed E-state index contributed by atoms with van der Waals surface area (Å²) in [7, 11) is 0. The van der Waals surface area contributed by atoms with Crippen LogP contribution < -0.4 is 10.1 Å².